The molecule has 0 amide bonds. The molecule has 0 radical (unpaired) electrons. The first kappa shape index (κ1) is 11.4. The van der Waals surface area contributed by atoms with E-state index >= 15 is 0 Å². The van der Waals surface area contributed by atoms with E-state index < -0.39 is 0 Å². The Kier molecular flexibility index (Phi) is 3.46. The fraction of sp³-hybridized carbons (Fsp3) is 0.0909. The topological polar surface area (TPSA) is 51.8 Å². The average Bonchev–Trinajstić information content (AvgIpc) is 2.22. The summed E-state index contributed by atoms with van der Waals surface area (Å²) in [5, 5.41) is 0.717. The van der Waals surface area contributed by atoms with Crippen molar-refractivity contribution in [2.45, 2.75) is 17.0 Å². The van der Waals surface area contributed by atoms with Gasteiger partial charge in [0.1, 0.15) is 0 Å². The molecule has 0 aliphatic rings. The Balaban J connectivity index is 2.27. The lowest BCUT2D eigenvalue weighted by atomic mass is 10.3. The van der Waals surface area contributed by atoms with Crippen molar-refractivity contribution in [2.24, 2.45) is 0 Å². The zero-order valence-corrected chi connectivity index (χ0v) is 11.0. The van der Waals surface area contributed by atoms with E-state index in [9.17, 15) is 0 Å². The van der Waals surface area contributed by atoms with Crippen LogP contribution in [0.25, 0.3) is 0 Å². The smallest absolute Gasteiger partial charge is 0.192 e. The van der Waals surface area contributed by atoms with Crippen LogP contribution in [0, 0.1) is 6.92 Å². The molecule has 0 saturated heterocycles. The Hall–Kier alpha value is -1.07. The number of benzene rings is 1. The molecule has 82 valence electrons. The monoisotopic (exact) mass is 295 g/mol. The molecule has 0 fully saturated rings. The third kappa shape index (κ3) is 2.74. The van der Waals surface area contributed by atoms with Crippen molar-refractivity contribution in [3.63, 3.8) is 0 Å². The fourth-order valence-corrected chi connectivity index (χ4v) is 2.38. The number of aryl methyl sites for hydroxylation is 1. The molecular formula is C11H10BrN3S. The van der Waals surface area contributed by atoms with Gasteiger partial charge in [0.15, 0.2) is 5.16 Å². The van der Waals surface area contributed by atoms with Gasteiger partial charge in [-0.2, -0.15) is 0 Å². The molecule has 0 aliphatic carbocycles. The highest BCUT2D eigenvalue weighted by Gasteiger charge is 2.04. The Bertz CT molecular complexity index is 516. The maximum absolute atomic E-state index is 5.90. The Labute approximate surface area is 107 Å². The first-order valence-electron chi connectivity index (χ1n) is 4.67. The summed E-state index contributed by atoms with van der Waals surface area (Å²) in [5.41, 5.74) is 7.58. The van der Waals surface area contributed by atoms with Crippen LogP contribution in [0.2, 0.25) is 0 Å². The molecule has 16 heavy (non-hydrogen) atoms. The number of nitrogens with two attached hydrogens (primary N) is 1. The molecule has 3 nitrogen and oxygen atoms in total. The molecule has 0 spiro atoms. The van der Waals surface area contributed by atoms with Crippen molar-refractivity contribution in [2.75, 3.05) is 5.73 Å². The van der Waals surface area contributed by atoms with Crippen LogP contribution < -0.4 is 5.73 Å². The van der Waals surface area contributed by atoms with Gasteiger partial charge in [0.25, 0.3) is 0 Å². The van der Waals surface area contributed by atoms with Crippen LogP contribution in [-0.2, 0) is 0 Å². The van der Waals surface area contributed by atoms with Gasteiger partial charge in [0, 0.05) is 26.9 Å². The van der Waals surface area contributed by atoms with E-state index in [1.165, 1.54) is 11.8 Å². The van der Waals surface area contributed by atoms with Crippen molar-refractivity contribution in [1.82, 2.24) is 9.97 Å². The summed E-state index contributed by atoms with van der Waals surface area (Å²) in [7, 11) is 0. The fourth-order valence-electron chi connectivity index (χ4n) is 1.19. The lowest BCUT2D eigenvalue weighted by Gasteiger charge is -2.04. The highest BCUT2D eigenvalue weighted by Crippen LogP contribution is 2.31. The molecule has 0 aliphatic heterocycles. The number of halogens is 1. The summed E-state index contributed by atoms with van der Waals surface area (Å²) < 4.78 is 0.972. The predicted octanol–water partition coefficient (Wildman–Crippen LogP) is 3.28. The maximum Gasteiger partial charge on any atom is 0.192 e. The second-order valence-electron chi connectivity index (χ2n) is 3.26. The van der Waals surface area contributed by atoms with Gasteiger partial charge in [-0.05, 0) is 43.0 Å². The number of rotatable bonds is 2. The summed E-state index contributed by atoms with van der Waals surface area (Å²) in [6.45, 7) is 1.94. The normalized spacial score (nSPS) is 10.4. The molecule has 1 aromatic carbocycles. The molecule has 0 atom stereocenters. The first-order chi connectivity index (χ1) is 7.65. The number of nitrogen functional groups attached to an aromatic ring is 1. The lowest BCUT2D eigenvalue weighted by molar-refractivity contribution is 0.932. The molecule has 2 aromatic rings. The molecule has 2 N–H and O–H groups in total. The minimum absolute atomic E-state index is 0.717. The van der Waals surface area contributed by atoms with Crippen LogP contribution in [-0.4, -0.2) is 9.97 Å². The van der Waals surface area contributed by atoms with Gasteiger partial charge in [-0.3, -0.25) is 0 Å². The van der Waals surface area contributed by atoms with Gasteiger partial charge in [-0.15, -0.1) is 0 Å². The second-order valence-corrected chi connectivity index (χ2v) is 5.19. The van der Waals surface area contributed by atoms with Gasteiger partial charge in [0.05, 0.1) is 0 Å². The summed E-state index contributed by atoms with van der Waals surface area (Å²) in [4.78, 5) is 9.47. The summed E-state index contributed by atoms with van der Waals surface area (Å²) in [5.74, 6) is 0. The third-order valence-electron chi connectivity index (χ3n) is 1.95. The van der Waals surface area contributed by atoms with Crippen molar-refractivity contribution in [3.8, 4) is 0 Å². The van der Waals surface area contributed by atoms with E-state index in [0.29, 0.717) is 5.16 Å². The number of anilines is 1. The van der Waals surface area contributed by atoms with Crippen molar-refractivity contribution >= 4 is 33.4 Å². The summed E-state index contributed by atoms with van der Waals surface area (Å²) in [6, 6.07) is 7.65. The number of hydrogen-bond donors (Lipinski definition) is 1. The lowest BCUT2D eigenvalue weighted by Crippen LogP contribution is -1.91. The van der Waals surface area contributed by atoms with Crippen LogP contribution in [0.5, 0.6) is 0 Å². The molecule has 0 bridgehead atoms. The summed E-state index contributed by atoms with van der Waals surface area (Å²) >= 11 is 4.84. The Morgan fingerprint density at radius 1 is 1.31 bits per heavy atom. The van der Waals surface area contributed by atoms with Crippen LogP contribution in [0.4, 0.5) is 5.69 Å². The second kappa shape index (κ2) is 4.84. The zero-order chi connectivity index (χ0) is 11.5. The van der Waals surface area contributed by atoms with Gasteiger partial charge in [-0.25, -0.2) is 9.97 Å². The highest BCUT2D eigenvalue weighted by molar-refractivity contribution is 9.10. The van der Waals surface area contributed by atoms with E-state index in [1.54, 1.807) is 6.20 Å². The molecule has 0 saturated carbocycles. The van der Waals surface area contributed by atoms with Gasteiger partial charge < -0.3 is 5.73 Å². The minimum atomic E-state index is 0.717. The van der Waals surface area contributed by atoms with E-state index in [1.807, 2.05) is 31.2 Å². The number of hydrogen-bond acceptors (Lipinski definition) is 4. The van der Waals surface area contributed by atoms with E-state index in [0.717, 1.165) is 20.7 Å². The van der Waals surface area contributed by atoms with Gasteiger partial charge in [0.2, 0.25) is 0 Å². The van der Waals surface area contributed by atoms with Gasteiger partial charge >= 0.3 is 0 Å². The zero-order valence-electron chi connectivity index (χ0n) is 8.64. The SMILES string of the molecule is Cc1ccnc(Sc2ccc(Br)cc2N)n1. The van der Waals surface area contributed by atoms with Crippen LogP contribution in [0.3, 0.4) is 0 Å². The van der Waals surface area contributed by atoms with Crippen LogP contribution in [0.1, 0.15) is 5.69 Å². The number of nitrogens with zero attached hydrogens (tertiary/aromatic N) is 2. The molecule has 1 aromatic heterocycles. The Morgan fingerprint density at radius 3 is 2.81 bits per heavy atom. The Morgan fingerprint density at radius 2 is 2.12 bits per heavy atom. The van der Waals surface area contributed by atoms with E-state index in [-0.39, 0.29) is 0 Å². The highest BCUT2D eigenvalue weighted by atomic mass is 79.9. The maximum atomic E-state index is 5.90. The quantitative estimate of drug-likeness (QED) is 0.682. The van der Waals surface area contributed by atoms with E-state index in [4.69, 9.17) is 5.73 Å². The number of aromatic nitrogens is 2. The molecule has 1 heterocycles. The minimum Gasteiger partial charge on any atom is -0.398 e. The molecule has 2 rings (SSSR count). The molecular weight excluding hydrogens is 286 g/mol. The van der Waals surface area contributed by atoms with Crippen molar-refractivity contribution in [3.05, 3.63) is 40.6 Å². The van der Waals surface area contributed by atoms with Crippen LogP contribution in [0.15, 0.2) is 45.0 Å². The standard InChI is InChI=1S/C11H10BrN3S/c1-7-4-5-14-11(15-7)16-10-3-2-8(12)6-9(10)13/h2-6H,13H2,1H3. The largest absolute Gasteiger partial charge is 0.398 e. The third-order valence-corrected chi connectivity index (χ3v) is 3.41. The van der Waals surface area contributed by atoms with Crippen molar-refractivity contribution < 1.29 is 0 Å². The predicted molar refractivity (Wildman–Crippen MR) is 69.4 cm³/mol. The molecule has 0 unspecified atom stereocenters. The average molecular weight is 296 g/mol. The van der Waals surface area contributed by atoms with Gasteiger partial charge in [-0.1, -0.05) is 15.9 Å². The van der Waals surface area contributed by atoms with E-state index in [2.05, 4.69) is 25.9 Å². The summed E-state index contributed by atoms with van der Waals surface area (Å²) in [6.07, 6.45) is 1.75. The molecule has 5 heteroatoms. The first-order valence-corrected chi connectivity index (χ1v) is 6.28. The van der Waals surface area contributed by atoms with Crippen LogP contribution >= 0.6 is 27.7 Å². The van der Waals surface area contributed by atoms with Crippen molar-refractivity contribution in [1.29, 1.82) is 0 Å².